The van der Waals surface area contributed by atoms with Crippen molar-refractivity contribution in [1.29, 1.82) is 0 Å². The molecule has 1 atom stereocenters. The lowest BCUT2D eigenvalue weighted by atomic mass is 9.92. The van der Waals surface area contributed by atoms with Crippen LogP contribution in [0.1, 0.15) is 59.8 Å². The molecule has 2 aromatic rings. The lowest BCUT2D eigenvalue weighted by Gasteiger charge is -2.32. The first-order valence-electron chi connectivity index (χ1n) is 11.7. The van der Waals surface area contributed by atoms with Crippen LogP contribution in [-0.4, -0.2) is 63.5 Å². The molecular weight excluding hydrogens is 422 g/mol. The Labute approximate surface area is 195 Å². The van der Waals surface area contributed by atoms with E-state index < -0.39 is 12.0 Å². The summed E-state index contributed by atoms with van der Waals surface area (Å²) in [5.74, 6) is 1.24. The molecule has 1 fully saturated rings. The fourth-order valence-corrected chi connectivity index (χ4v) is 4.12. The second-order valence-electron chi connectivity index (χ2n) is 8.66. The maximum atomic E-state index is 11.6. The van der Waals surface area contributed by atoms with Gasteiger partial charge in [0, 0.05) is 37.5 Å². The first-order valence-corrected chi connectivity index (χ1v) is 11.7. The number of aromatic nitrogens is 3. The molecule has 9 nitrogen and oxygen atoms in total. The Morgan fingerprint density at radius 2 is 2.00 bits per heavy atom. The van der Waals surface area contributed by atoms with Gasteiger partial charge in [0.25, 0.3) is 5.91 Å². The number of aliphatic hydroxyl groups is 2. The minimum Gasteiger partial charge on any atom is -0.477 e. The van der Waals surface area contributed by atoms with Gasteiger partial charge in [-0.05, 0) is 56.6 Å². The van der Waals surface area contributed by atoms with Crippen molar-refractivity contribution in [3.8, 4) is 5.88 Å². The predicted molar refractivity (Wildman–Crippen MR) is 125 cm³/mol. The van der Waals surface area contributed by atoms with Crippen LogP contribution in [0, 0.1) is 12.8 Å². The molecule has 0 bridgehead atoms. The summed E-state index contributed by atoms with van der Waals surface area (Å²) in [4.78, 5) is 27.3. The van der Waals surface area contributed by atoms with Crippen LogP contribution < -0.4 is 15.4 Å². The molecule has 0 aromatic carbocycles. The van der Waals surface area contributed by atoms with Gasteiger partial charge in [-0.3, -0.25) is 4.79 Å². The number of piperidine rings is 1. The van der Waals surface area contributed by atoms with Gasteiger partial charge in [0.1, 0.15) is 0 Å². The first kappa shape index (κ1) is 24.9. The smallest absolute Gasteiger partial charge is 0.250 e. The number of aryl methyl sites for hydroxylation is 2. The van der Waals surface area contributed by atoms with Gasteiger partial charge in [-0.2, -0.15) is 0 Å². The highest BCUT2D eigenvalue weighted by Gasteiger charge is 2.21. The second kappa shape index (κ2) is 11.9. The number of nitrogens with zero attached hydrogens (tertiary/aromatic N) is 4. The van der Waals surface area contributed by atoms with Gasteiger partial charge in [-0.15, -0.1) is 0 Å². The predicted octanol–water partition coefficient (Wildman–Crippen LogP) is 1.81. The highest BCUT2D eigenvalue weighted by atomic mass is 16.5. The van der Waals surface area contributed by atoms with Crippen LogP contribution >= 0.6 is 0 Å². The van der Waals surface area contributed by atoms with Crippen molar-refractivity contribution in [3.05, 3.63) is 40.8 Å². The van der Waals surface area contributed by atoms with E-state index in [1.165, 1.54) is 0 Å². The fraction of sp³-hybridized carbons (Fsp3) is 0.583. The minimum atomic E-state index is -0.954. The van der Waals surface area contributed by atoms with E-state index in [2.05, 4.69) is 26.8 Å². The lowest BCUT2D eigenvalue weighted by molar-refractivity contribution is 0.0942. The molecule has 3 heterocycles. The summed E-state index contributed by atoms with van der Waals surface area (Å²) in [6.07, 6.45) is 8.07. The van der Waals surface area contributed by atoms with Crippen LogP contribution in [0.3, 0.4) is 0 Å². The molecule has 4 N–H and O–H groups in total. The van der Waals surface area contributed by atoms with E-state index in [-0.39, 0.29) is 13.0 Å². The number of aliphatic hydroxyl groups excluding tert-OH is 2. The number of carbonyl (C=O) groups excluding carboxylic acids is 1. The molecule has 180 valence electrons. The van der Waals surface area contributed by atoms with Crippen molar-refractivity contribution in [2.24, 2.45) is 11.7 Å². The third kappa shape index (κ3) is 6.85. The van der Waals surface area contributed by atoms with E-state index in [0.29, 0.717) is 35.2 Å². The number of nitrogens with two attached hydrogens (primary N) is 1. The van der Waals surface area contributed by atoms with E-state index >= 15 is 0 Å². The average molecular weight is 458 g/mol. The molecule has 2 aromatic heterocycles. The highest BCUT2D eigenvalue weighted by Crippen LogP contribution is 2.25. The zero-order valence-electron chi connectivity index (χ0n) is 19.5. The molecule has 3 rings (SSSR count). The monoisotopic (exact) mass is 457 g/mol. The van der Waals surface area contributed by atoms with E-state index in [9.17, 15) is 15.0 Å². The Hall–Kier alpha value is -2.78. The van der Waals surface area contributed by atoms with Gasteiger partial charge in [-0.25, -0.2) is 15.0 Å². The molecule has 0 unspecified atom stereocenters. The van der Waals surface area contributed by atoms with Crippen LogP contribution in [-0.2, 0) is 12.8 Å². The standard InChI is InChI=1S/C24H35N5O4/c1-3-17-13-26-24(27-14-17)29-8-6-18(7-9-29)5-4-10-33-23-19(11-20(31)15-30)12-21(22(25)32)16(2)28-23/h12-14,18,20,30-31H,3-11,15H2,1-2H3,(H2,25,32)/t20-/m0/s1. The van der Waals surface area contributed by atoms with Crippen LogP contribution in [0.5, 0.6) is 5.88 Å². The number of anilines is 1. The van der Waals surface area contributed by atoms with Gasteiger partial charge >= 0.3 is 0 Å². The zero-order valence-corrected chi connectivity index (χ0v) is 19.5. The molecule has 33 heavy (non-hydrogen) atoms. The molecule has 1 saturated heterocycles. The SMILES string of the molecule is CCc1cnc(N2CCC(CCCOc3nc(C)c(C(N)=O)cc3C[C@H](O)CO)CC2)nc1. The van der Waals surface area contributed by atoms with E-state index in [4.69, 9.17) is 10.5 Å². The average Bonchev–Trinajstić information content (AvgIpc) is 2.83. The molecule has 0 aliphatic carbocycles. The summed E-state index contributed by atoms with van der Waals surface area (Å²) < 4.78 is 5.92. The molecule has 1 aliphatic heterocycles. The van der Waals surface area contributed by atoms with Gasteiger partial charge in [0.05, 0.1) is 30.6 Å². The van der Waals surface area contributed by atoms with E-state index in [0.717, 1.165) is 56.7 Å². The number of carbonyl (C=O) groups is 1. The topological polar surface area (TPSA) is 135 Å². The molecule has 0 radical (unpaired) electrons. The number of hydrogen-bond donors (Lipinski definition) is 3. The largest absolute Gasteiger partial charge is 0.477 e. The third-order valence-corrected chi connectivity index (χ3v) is 6.18. The van der Waals surface area contributed by atoms with Crippen molar-refractivity contribution >= 4 is 11.9 Å². The maximum Gasteiger partial charge on any atom is 0.250 e. The van der Waals surface area contributed by atoms with Gasteiger partial charge in [0.2, 0.25) is 11.8 Å². The second-order valence-corrected chi connectivity index (χ2v) is 8.66. The van der Waals surface area contributed by atoms with Crippen molar-refractivity contribution in [2.45, 2.75) is 58.5 Å². The van der Waals surface area contributed by atoms with Gasteiger partial charge < -0.3 is 25.6 Å². The Balaban J connectivity index is 1.48. The number of hydrogen-bond acceptors (Lipinski definition) is 8. The van der Waals surface area contributed by atoms with Crippen molar-refractivity contribution in [1.82, 2.24) is 15.0 Å². The van der Waals surface area contributed by atoms with Crippen molar-refractivity contribution in [2.75, 3.05) is 31.2 Å². The number of rotatable bonds is 11. The third-order valence-electron chi connectivity index (χ3n) is 6.18. The Bertz CT molecular complexity index is 914. The van der Waals surface area contributed by atoms with Crippen molar-refractivity contribution in [3.63, 3.8) is 0 Å². The maximum absolute atomic E-state index is 11.6. The summed E-state index contributed by atoms with van der Waals surface area (Å²) in [7, 11) is 0. The van der Waals surface area contributed by atoms with Crippen LogP contribution in [0.15, 0.2) is 18.5 Å². The fourth-order valence-electron chi connectivity index (χ4n) is 4.12. The molecule has 1 aliphatic rings. The Morgan fingerprint density at radius 3 is 2.61 bits per heavy atom. The zero-order chi connectivity index (χ0) is 23.8. The van der Waals surface area contributed by atoms with Crippen LogP contribution in [0.25, 0.3) is 0 Å². The summed E-state index contributed by atoms with van der Waals surface area (Å²) >= 11 is 0. The number of pyridine rings is 1. The van der Waals surface area contributed by atoms with E-state index in [1.807, 2.05) is 12.4 Å². The quantitative estimate of drug-likeness (QED) is 0.435. The highest BCUT2D eigenvalue weighted by molar-refractivity contribution is 5.94. The van der Waals surface area contributed by atoms with Gasteiger partial charge in [-0.1, -0.05) is 6.92 Å². The lowest BCUT2D eigenvalue weighted by Crippen LogP contribution is -2.35. The molecule has 0 spiro atoms. The Morgan fingerprint density at radius 1 is 1.30 bits per heavy atom. The molecule has 9 heteroatoms. The number of ether oxygens (including phenoxy) is 1. The van der Waals surface area contributed by atoms with Crippen molar-refractivity contribution < 1.29 is 19.7 Å². The summed E-state index contributed by atoms with van der Waals surface area (Å²) in [5.41, 5.74) is 7.92. The minimum absolute atomic E-state index is 0.138. The van der Waals surface area contributed by atoms with Gasteiger partial charge in [0.15, 0.2) is 0 Å². The number of amides is 1. The van der Waals surface area contributed by atoms with Crippen LogP contribution in [0.2, 0.25) is 0 Å². The molecular formula is C24H35N5O4. The number of primary amides is 1. The normalized spacial score (nSPS) is 15.5. The summed E-state index contributed by atoms with van der Waals surface area (Å²) in [6, 6.07) is 1.60. The summed E-state index contributed by atoms with van der Waals surface area (Å²) in [5, 5.41) is 19.0. The molecule has 1 amide bonds. The molecule has 0 saturated carbocycles. The van der Waals surface area contributed by atoms with Crippen LogP contribution in [0.4, 0.5) is 5.95 Å². The first-order chi connectivity index (χ1) is 15.9. The Kier molecular flexibility index (Phi) is 8.96. The van der Waals surface area contributed by atoms with E-state index in [1.54, 1.807) is 13.0 Å². The summed E-state index contributed by atoms with van der Waals surface area (Å²) in [6.45, 7) is 5.82.